The van der Waals surface area contributed by atoms with Gasteiger partial charge in [-0.2, -0.15) is 4.98 Å². The Kier molecular flexibility index (Phi) is 5.34. The van der Waals surface area contributed by atoms with Crippen LogP contribution in [0.25, 0.3) is 22.6 Å². The van der Waals surface area contributed by atoms with E-state index in [2.05, 4.69) is 20.4 Å². The van der Waals surface area contributed by atoms with Gasteiger partial charge in [0.1, 0.15) is 11.7 Å². The van der Waals surface area contributed by atoms with E-state index in [0.717, 1.165) is 16.7 Å². The molecule has 0 radical (unpaired) electrons. The van der Waals surface area contributed by atoms with Crippen LogP contribution in [0.4, 0.5) is 0 Å². The molecule has 150 valence electrons. The fourth-order valence-electron chi connectivity index (χ4n) is 2.97. The van der Waals surface area contributed by atoms with Crippen molar-refractivity contribution < 1.29 is 9.32 Å². The molecule has 0 fully saturated rings. The van der Waals surface area contributed by atoms with Gasteiger partial charge in [-0.3, -0.25) is 4.79 Å². The highest BCUT2D eigenvalue weighted by molar-refractivity contribution is 5.94. The van der Waals surface area contributed by atoms with Crippen molar-refractivity contribution in [3.05, 3.63) is 83.6 Å². The van der Waals surface area contributed by atoms with Crippen molar-refractivity contribution in [3.63, 3.8) is 0 Å². The van der Waals surface area contributed by atoms with Gasteiger partial charge in [-0.1, -0.05) is 65.3 Å². The minimum absolute atomic E-state index is 0.266. The Morgan fingerprint density at radius 3 is 2.33 bits per heavy atom. The van der Waals surface area contributed by atoms with Gasteiger partial charge in [0.05, 0.1) is 5.69 Å². The first kappa shape index (κ1) is 19.4. The zero-order valence-electron chi connectivity index (χ0n) is 17.0. The lowest BCUT2D eigenvalue weighted by molar-refractivity contribution is 0.0927. The number of nitrogens with one attached hydrogen (secondary N) is 1. The second-order valence-electron chi connectivity index (χ2n) is 7.07. The van der Waals surface area contributed by atoms with Crippen LogP contribution in [0.2, 0.25) is 0 Å². The fraction of sp³-hybridized carbons (Fsp3) is 0.174. The molecule has 0 aliphatic carbocycles. The maximum Gasteiger partial charge on any atom is 0.270 e. The van der Waals surface area contributed by atoms with Crippen molar-refractivity contribution in [2.75, 3.05) is 0 Å². The first-order valence-electron chi connectivity index (χ1n) is 9.62. The molecule has 2 heterocycles. The van der Waals surface area contributed by atoms with Crippen molar-refractivity contribution in [2.24, 2.45) is 0 Å². The average Bonchev–Trinajstić information content (AvgIpc) is 3.21. The average molecular weight is 399 g/mol. The molecule has 1 N–H and O–H groups in total. The van der Waals surface area contributed by atoms with E-state index in [1.165, 1.54) is 0 Å². The Morgan fingerprint density at radius 2 is 1.67 bits per heavy atom. The highest BCUT2D eigenvalue weighted by Gasteiger charge is 2.19. The molecule has 2 aromatic heterocycles. The number of carbonyl (C=O) groups excluding carboxylic acids is 1. The van der Waals surface area contributed by atoms with E-state index >= 15 is 0 Å². The molecule has 7 heteroatoms. The summed E-state index contributed by atoms with van der Waals surface area (Å²) in [5.41, 5.74) is 3.82. The molecule has 0 saturated heterocycles. The van der Waals surface area contributed by atoms with Crippen LogP contribution in [0, 0.1) is 13.8 Å². The summed E-state index contributed by atoms with van der Waals surface area (Å²) in [4.78, 5) is 26.4. The highest BCUT2D eigenvalue weighted by Crippen LogP contribution is 2.23. The van der Waals surface area contributed by atoms with Gasteiger partial charge < -0.3 is 9.84 Å². The molecule has 0 saturated carbocycles. The van der Waals surface area contributed by atoms with Gasteiger partial charge >= 0.3 is 0 Å². The van der Waals surface area contributed by atoms with Crippen molar-refractivity contribution in [1.82, 2.24) is 25.4 Å². The maximum absolute atomic E-state index is 13.0. The third-order valence-electron chi connectivity index (χ3n) is 4.60. The molecule has 30 heavy (non-hydrogen) atoms. The second kappa shape index (κ2) is 8.24. The third-order valence-corrected chi connectivity index (χ3v) is 4.60. The Balaban J connectivity index is 1.71. The molecular weight excluding hydrogens is 378 g/mol. The van der Waals surface area contributed by atoms with Gasteiger partial charge in [-0.05, 0) is 26.8 Å². The van der Waals surface area contributed by atoms with Crippen LogP contribution < -0.4 is 5.32 Å². The van der Waals surface area contributed by atoms with E-state index in [4.69, 9.17) is 9.51 Å². The topological polar surface area (TPSA) is 93.8 Å². The quantitative estimate of drug-likeness (QED) is 0.538. The molecule has 0 bridgehead atoms. The minimum Gasteiger partial charge on any atom is -0.339 e. The van der Waals surface area contributed by atoms with E-state index in [9.17, 15) is 4.79 Å². The smallest absolute Gasteiger partial charge is 0.270 e. The molecule has 0 unspecified atom stereocenters. The highest BCUT2D eigenvalue weighted by atomic mass is 16.5. The first-order valence-corrected chi connectivity index (χ1v) is 9.62. The summed E-state index contributed by atoms with van der Waals surface area (Å²) in [7, 11) is 0. The van der Waals surface area contributed by atoms with Gasteiger partial charge in [0.25, 0.3) is 5.91 Å². The number of hydrogen-bond acceptors (Lipinski definition) is 6. The molecule has 1 amide bonds. The number of aromatic nitrogens is 4. The van der Waals surface area contributed by atoms with E-state index < -0.39 is 6.04 Å². The maximum atomic E-state index is 13.0. The van der Waals surface area contributed by atoms with Gasteiger partial charge in [0, 0.05) is 11.1 Å². The SMILES string of the molecule is Cc1ccc(-c2nc(C(=O)N[C@H](C)c3nc(C)no3)cc(-c3ccccc3)n2)cc1. The molecule has 0 spiro atoms. The van der Waals surface area contributed by atoms with Crippen LogP contribution in [0.3, 0.4) is 0 Å². The summed E-state index contributed by atoms with van der Waals surface area (Å²) in [6.45, 7) is 5.53. The molecular formula is C23H21N5O2. The summed E-state index contributed by atoms with van der Waals surface area (Å²) in [6.07, 6.45) is 0. The predicted molar refractivity (Wildman–Crippen MR) is 113 cm³/mol. The Labute approximate surface area is 174 Å². The predicted octanol–water partition coefficient (Wildman–Crippen LogP) is 4.30. The standard InChI is InChI=1S/C23H21N5O2/c1-14-9-11-18(12-10-14)21-26-19(17-7-5-4-6-8-17)13-20(27-21)22(29)24-15(2)23-25-16(3)28-30-23/h4-13,15H,1-3H3,(H,24,29)/t15-/m1/s1. The van der Waals surface area contributed by atoms with Crippen LogP contribution in [-0.4, -0.2) is 26.0 Å². The number of aryl methyl sites for hydroxylation is 2. The number of carbonyl (C=O) groups is 1. The third kappa shape index (κ3) is 4.25. The van der Waals surface area contributed by atoms with E-state index in [-0.39, 0.29) is 11.6 Å². The normalized spacial score (nSPS) is 11.8. The lowest BCUT2D eigenvalue weighted by atomic mass is 10.1. The monoisotopic (exact) mass is 399 g/mol. The van der Waals surface area contributed by atoms with Crippen molar-refractivity contribution in [1.29, 1.82) is 0 Å². The van der Waals surface area contributed by atoms with E-state index in [0.29, 0.717) is 23.2 Å². The number of rotatable bonds is 5. The molecule has 1 atom stereocenters. The van der Waals surface area contributed by atoms with Gasteiger partial charge in [-0.25, -0.2) is 9.97 Å². The molecule has 7 nitrogen and oxygen atoms in total. The second-order valence-corrected chi connectivity index (χ2v) is 7.07. The number of benzene rings is 2. The van der Waals surface area contributed by atoms with Crippen LogP contribution in [0.15, 0.2) is 65.2 Å². The molecule has 4 rings (SSSR count). The lowest BCUT2D eigenvalue weighted by Crippen LogP contribution is -2.28. The summed E-state index contributed by atoms with van der Waals surface area (Å²) >= 11 is 0. The largest absolute Gasteiger partial charge is 0.339 e. The molecule has 2 aromatic carbocycles. The summed E-state index contributed by atoms with van der Waals surface area (Å²) < 4.78 is 5.15. The van der Waals surface area contributed by atoms with Crippen LogP contribution in [0.1, 0.15) is 40.7 Å². The summed E-state index contributed by atoms with van der Waals surface area (Å²) in [6, 6.07) is 18.8. The summed E-state index contributed by atoms with van der Waals surface area (Å²) in [5, 5.41) is 6.64. The molecule has 0 aliphatic rings. The van der Waals surface area contributed by atoms with Crippen molar-refractivity contribution in [3.8, 4) is 22.6 Å². The minimum atomic E-state index is -0.448. The zero-order valence-corrected chi connectivity index (χ0v) is 17.0. The van der Waals surface area contributed by atoms with Crippen LogP contribution in [-0.2, 0) is 0 Å². The van der Waals surface area contributed by atoms with Crippen LogP contribution >= 0.6 is 0 Å². The lowest BCUT2D eigenvalue weighted by Gasteiger charge is -2.12. The van der Waals surface area contributed by atoms with Crippen molar-refractivity contribution >= 4 is 5.91 Å². The van der Waals surface area contributed by atoms with Crippen LogP contribution in [0.5, 0.6) is 0 Å². The van der Waals surface area contributed by atoms with Gasteiger partial charge in [-0.15, -0.1) is 0 Å². The first-order chi connectivity index (χ1) is 14.5. The Bertz CT molecular complexity index is 1170. The number of nitrogens with zero attached hydrogens (tertiary/aromatic N) is 4. The Hall–Kier alpha value is -3.87. The molecule has 4 aromatic rings. The number of amides is 1. The summed E-state index contributed by atoms with van der Waals surface area (Å²) in [5.74, 6) is 1.01. The Morgan fingerprint density at radius 1 is 0.933 bits per heavy atom. The van der Waals surface area contributed by atoms with E-state index in [1.807, 2.05) is 61.5 Å². The fourth-order valence-corrected chi connectivity index (χ4v) is 2.97. The zero-order chi connectivity index (χ0) is 21.1. The van der Waals surface area contributed by atoms with E-state index in [1.54, 1.807) is 19.9 Å². The molecule has 0 aliphatic heterocycles. The van der Waals surface area contributed by atoms with Gasteiger partial charge in [0.15, 0.2) is 11.6 Å². The van der Waals surface area contributed by atoms with Gasteiger partial charge in [0.2, 0.25) is 5.89 Å². The number of hydrogen-bond donors (Lipinski definition) is 1. The van der Waals surface area contributed by atoms with Crippen molar-refractivity contribution in [2.45, 2.75) is 26.8 Å².